The Hall–Kier alpha value is -1.97. The van der Waals surface area contributed by atoms with Gasteiger partial charge in [-0.2, -0.15) is 0 Å². The summed E-state index contributed by atoms with van der Waals surface area (Å²) >= 11 is 0. The van der Waals surface area contributed by atoms with Crippen molar-refractivity contribution in [2.24, 2.45) is 0 Å². The van der Waals surface area contributed by atoms with Gasteiger partial charge >= 0.3 is 5.97 Å². The molecule has 0 spiro atoms. The highest BCUT2D eigenvalue weighted by atomic mass is 16.5. The minimum atomic E-state index is -0.401. The molecule has 0 aliphatic heterocycles. The average Bonchev–Trinajstić information content (AvgIpc) is 2.35. The van der Waals surface area contributed by atoms with Gasteiger partial charge in [-0.05, 0) is 23.8 Å². The summed E-state index contributed by atoms with van der Waals surface area (Å²) in [7, 11) is 4.48. The fraction of sp³-hybridized carbons (Fsp3) is 0.250. The van der Waals surface area contributed by atoms with E-state index < -0.39 is 5.97 Å². The van der Waals surface area contributed by atoms with E-state index >= 15 is 0 Å². The highest BCUT2D eigenvalue weighted by Gasteiger charge is 2.00. The Morgan fingerprint density at radius 3 is 2.06 bits per heavy atom. The van der Waals surface area contributed by atoms with Crippen molar-refractivity contribution in [2.75, 3.05) is 21.3 Å². The predicted molar refractivity (Wildman–Crippen MR) is 60.6 cm³/mol. The van der Waals surface area contributed by atoms with Crippen LogP contribution in [0.1, 0.15) is 5.56 Å². The Balaban J connectivity index is 2.95. The smallest absolute Gasteiger partial charge is 0.330 e. The second-order valence-electron chi connectivity index (χ2n) is 3.00. The van der Waals surface area contributed by atoms with Crippen LogP contribution in [0.25, 0.3) is 6.08 Å². The topological polar surface area (TPSA) is 44.8 Å². The largest absolute Gasteiger partial charge is 0.497 e. The summed E-state index contributed by atoms with van der Waals surface area (Å²) in [5.41, 5.74) is 0.807. The molecular weight excluding hydrogens is 208 g/mol. The minimum Gasteiger partial charge on any atom is -0.497 e. The van der Waals surface area contributed by atoms with Crippen molar-refractivity contribution in [2.45, 2.75) is 0 Å². The van der Waals surface area contributed by atoms with E-state index in [2.05, 4.69) is 4.74 Å². The zero-order chi connectivity index (χ0) is 12.0. The Morgan fingerprint density at radius 1 is 1.06 bits per heavy atom. The normalized spacial score (nSPS) is 10.2. The molecule has 86 valence electrons. The quantitative estimate of drug-likeness (QED) is 0.576. The van der Waals surface area contributed by atoms with Crippen LogP contribution in [0.4, 0.5) is 0 Å². The zero-order valence-corrected chi connectivity index (χ0v) is 9.52. The summed E-state index contributed by atoms with van der Waals surface area (Å²) in [6, 6.07) is 5.35. The summed E-state index contributed by atoms with van der Waals surface area (Å²) in [4.78, 5) is 10.9. The maximum Gasteiger partial charge on any atom is 0.330 e. The monoisotopic (exact) mass is 222 g/mol. The van der Waals surface area contributed by atoms with Crippen molar-refractivity contribution in [3.05, 3.63) is 29.8 Å². The molecule has 0 fully saturated rings. The summed E-state index contributed by atoms with van der Waals surface area (Å²) in [5.74, 6) is 0.939. The number of esters is 1. The molecule has 4 heteroatoms. The van der Waals surface area contributed by atoms with Crippen molar-refractivity contribution >= 4 is 12.0 Å². The molecule has 16 heavy (non-hydrogen) atoms. The molecule has 0 saturated carbocycles. The molecule has 0 heterocycles. The average molecular weight is 222 g/mol. The Bertz CT molecular complexity index is 374. The van der Waals surface area contributed by atoms with Gasteiger partial charge in [-0.1, -0.05) is 0 Å². The van der Waals surface area contributed by atoms with Gasteiger partial charge in [0, 0.05) is 12.1 Å². The standard InChI is InChI=1S/C12H14O4/c1-14-10-6-9(4-5-12(13)16-3)7-11(8-10)15-2/h4-8H,1-3H3. The molecule has 0 bridgehead atoms. The molecule has 0 atom stereocenters. The molecule has 4 nitrogen and oxygen atoms in total. The molecule has 1 aromatic rings. The van der Waals surface area contributed by atoms with E-state index in [0.717, 1.165) is 5.56 Å². The molecule has 0 aliphatic rings. The molecule has 0 radical (unpaired) electrons. The highest BCUT2D eigenvalue weighted by molar-refractivity contribution is 5.87. The van der Waals surface area contributed by atoms with Crippen molar-refractivity contribution in [3.63, 3.8) is 0 Å². The fourth-order valence-electron chi connectivity index (χ4n) is 1.16. The third-order valence-electron chi connectivity index (χ3n) is 1.99. The summed E-state index contributed by atoms with van der Waals surface area (Å²) in [5, 5.41) is 0. The van der Waals surface area contributed by atoms with Crippen molar-refractivity contribution < 1.29 is 19.0 Å². The van der Waals surface area contributed by atoms with Gasteiger partial charge in [-0.25, -0.2) is 4.79 Å². The molecule has 0 saturated heterocycles. The van der Waals surface area contributed by atoms with Crippen LogP contribution in [0, 0.1) is 0 Å². The maximum atomic E-state index is 10.9. The van der Waals surface area contributed by atoms with E-state index in [1.807, 2.05) is 0 Å². The number of hydrogen-bond donors (Lipinski definition) is 0. The fourth-order valence-corrected chi connectivity index (χ4v) is 1.16. The lowest BCUT2D eigenvalue weighted by Gasteiger charge is -2.05. The molecule has 0 unspecified atom stereocenters. The number of carbonyl (C=O) groups excluding carboxylic acids is 1. The van der Waals surface area contributed by atoms with Crippen LogP contribution in [0.5, 0.6) is 11.5 Å². The molecule has 0 aliphatic carbocycles. The van der Waals surface area contributed by atoms with Crippen LogP contribution in [0.3, 0.4) is 0 Å². The predicted octanol–water partition coefficient (Wildman–Crippen LogP) is 1.89. The van der Waals surface area contributed by atoms with Crippen LogP contribution in [-0.4, -0.2) is 27.3 Å². The number of rotatable bonds is 4. The minimum absolute atomic E-state index is 0.401. The van der Waals surface area contributed by atoms with Crippen molar-refractivity contribution in [1.29, 1.82) is 0 Å². The van der Waals surface area contributed by atoms with Gasteiger partial charge < -0.3 is 14.2 Å². The van der Waals surface area contributed by atoms with Crippen molar-refractivity contribution in [3.8, 4) is 11.5 Å². The molecule has 0 aromatic heterocycles. The number of methoxy groups -OCH3 is 3. The van der Waals surface area contributed by atoms with E-state index in [9.17, 15) is 4.79 Å². The third-order valence-corrected chi connectivity index (χ3v) is 1.99. The lowest BCUT2D eigenvalue weighted by Crippen LogP contribution is -1.93. The van der Waals surface area contributed by atoms with Crippen LogP contribution >= 0.6 is 0 Å². The summed E-state index contributed by atoms with van der Waals surface area (Å²) in [6.45, 7) is 0. The molecular formula is C12H14O4. The van der Waals surface area contributed by atoms with Gasteiger partial charge in [0.05, 0.1) is 21.3 Å². The van der Waals surface area contributed by atoms with Crippen LogP contribution in [0.15, 0.2) is 24.3 Å². The Labute approximate surface area is 94.4 Å². The van der Waals surface area contributed by atoms with Crippen LogP contribution < -0.4 is 9.47 Å². The first-order chi connectivity index (χ1) is 7.69. The van der Waals surface area contributed by atoms with E-state index in [0.29, 0.717) is 11.5 Å². The second kappa shape index (κ2) is 5.80. The van der Waals surface area contributed by atoms with Crippen LogP contribution in [-0.2, 0) is 9.53 Å². The molecule has 1 aromatic carbocycles. The van der Waals surface area contributed by atoms with Crippen molar-refractivity contribution in [1.82, 2.24) is 0 Å². The first-order valence-corrected chi connectivity index (χ1v) is 4.68. The summed E-state index contributed by atoms with van der Waals surface area (Å²) < 4.78 is 14.7. The molecule has 0 N–H and O–H groups in total. The number of carbonyl (C=O) groups is 1. The van der Waals surface area contributed by atoms with Gasteiger partial charge in [0.1, 0.15) is 11.5 Å². The molecule has 0 amide bonds. The first kappa shape index (κ1) is 12.1. The number of ether oxygens (including phenoxy) is 3. The lowest BCUT2D eigenvalue weighted by atomic mass is 10.2. The van der Waals surface area contributed by atoms with E-state index in [4.69, 9.17) is 9.47 Å². The van der Waals surface area contributed by atoms with E-state index in [1.165, 1.54) is 13.2 Å². The van der Waals surface area contributed by atoms with Gasteiger partial charge in [-0.3, -0.25) is 0 Å². The van der Waals surface area contributed by atoms with E-state index in [1.54, 1.807) is 38.5 Å². The number of benzene rings is 1. The maximum absolute atomic E-state index is 10.9. The van der Waals surface area contributed by atoms with E-state index in [-0.39, 0.29) is 0 Å². The second-order valence-corrected chi connectivity index (χ2v) is 3.00. The van der Waals surface area contributed by atoms with Crippen LogP contribution in [0.2, 0.25) is 0 Å². The Morgan fingerprint density at radius 2 is 1.62 bits per heavy atom. The third kappa shape index (κ3) is 3.31. The summed E-state index contributed by atoms with van der Waals surface area (Å²) in [6.07, 6.45) is 2.98. The lowest BCUT2D eigenvalue weighted by molar-refractivity contribution is -0.134. The van der Waals surface area contributed by atoms with Gasteiger partial charge in [0.2, 0.25) is 0 Å². The SMILES string of the molecule is COC(=O)C=Cc1cc(OC)cc(OC)c1. The van der Waals surface area contributed by atoms with Gasteiger partial charge in [0.15, 0.2) is 0 Å². The number of hydrogen-bond acceptors (Lipinski definition) is 4. The highest BCUT2D eigenvalue weighted by Crippen LogP contribution is 2.23. The zero-order valence-electron chi connectivity index (χ0n) is 9.52. The Kier molecular flexibility index (Phi) is 4.39. The first-order valence-electron chi connectivity index (χ1n) is 4.68. The molecule has 1 rings (SSSR count). The van der Waals surface area contributed by atoms with Gasteiger partial charge in [-0.15, -0.1) is 0 Å². The van der Waals surface area contributed by atoms with Gasteiger partial charge in [0.25, 0.3) is 0 Å².